The normalized spacial score (nSPS) is 10.9. The molecule has 0 saturated heterocycles. The Morgan fingerprint density at radius 3 is 2.15 bits per heavy atom. The van der Waals surface area contributed by atoms with E-state index >= 15 is 0 Å². The highest BCUT2D eigenvalue weighted by Gasteiger charge is 2.11. The number of nitro groups is 1. The van der Waals surface area contributed by atoms with E-state index < -0.39 is 20.9 Å². The standard InChI is InChI=1S/C16H16N4O6S/c17-27(25,26)14-7-3-12(4-8-14)19-15(21)9-10-18-16(22)11-1-5-13(6-2-11)20(23)24/h1-8H,9-10H2,(H,18,22)(H,19,21)(H2,17,25,26). The molecule has 0 heterocycles. The number of hydrogen-bond donors (Lipinski definition) is 3. The molecule has 2 amide bonds. The van der Waals surface area contributed by atoms with Gasteiger partial charge in [-0.25, -0.2) is 13.6 Å². The zero-order valence-electron chi connectivity index (χ0n) is 13.9. The van der Waals surface area contributed by atoms with E-state index in [-0.39, 0.29) is 35.0 Å². The van der Waals surface area contributed by atoms with E-state index in [2.05, 4.69) is 10.6 Å². The second kappa shape index (κ2) is 8.38. The van der Waals surface area contributed by atoms with Crippen molar-refractivity contribution in [1.29, 1.82) is 0 Å². The number of benzene rings is 2. The minimum absolute atomic E-state index is 0.0182. The first-order chi connectivity index (χ1) is 12.7. The molecule has 0 fully saturated rings. The summed E-state index contributed by atoms with van der Waals surface area (Å²) in [6, 6.07) is 10.4. The number of hydrogen-bond acceptors (Lipinski definition) is 6. The number of nitrogens with two attached hydrogens (primary N) is 1. The number of nitro benzene ring substituents is 1. The Morgan fingerprint density at radius 1 is 1.04 bits per heavy atom. The number of carbonyl (C=O) groups excluding carboxylic acids is 2. The Hall–Kier alpha value is -3.31. The van der Waals surface area contributed by atoms with Crippen LogP contribution in [0.25, 0.3) is 0 Å². The van der Waals surface area contributed by atoms with Crippen molar-refractivity contribution in [2.75, 3.05) is 11.9 Å². The number of primary sulfonamides is 1. The number of nitrogens with zero attached hydrogens (tertiary/aromatic N) is 1. The second-order valence-electron chi connectivity index (χ2n) is 5.43. The van der Waals surface area contributed by atoms with Gasteiger partial charge in [-0.3, -0.25) is 19.7 Å². The third-order valence-corrected chi connectivity index (χ3v) is 4.37. The lowest BCUT2D eigenvalue weighted by Gasteiger charge is -2.07. The molecule has 2 aromatic rings. The van der Waals surface area contributed by atoms with Crippen LogP contribution in [-0.4, -0.2) is 31.7 Å². The Balaban J connectivity index is 1.81. The summed E-state index contributed by atoms with van der Waals surface area (Å²) in [5.41, 5.74) is 0.494. The first-order valence-electron chi connectivity index (χ1n) is 7.62. The van der Waals surface area contributed by atoms with E-state index in [0.717, 1.165) is 0 Å². The average Bonchev–Trinajstić information content (AvgIpc) is 2.61. The smallest absolute Gasteiger partial charge is 0.269 e. The van der Waals surface area contributed by atoms with Crippen molar-refractivity contribution in [3.8, 4) is 0 Å². The summed E-state index contributed by atoms with van der Waals surface area (Å²) in [7, 11) is -3.80. The largest absolute Gasteiger partial charge is 0.352 e. The van der Waals surface area contributed by atoms with Crippen LogP contribution in [0.5, 0.6) is 0 Å². The molecule has 0 saturated carbocycles. The Morgan fingerprint density at radius 2 is 1.63 bits per heavy atom. The SMILES string of the molecule is NS(=O)(=O)c1ccc(NC(=O)CCNC(=O)c2ccc([N+](=O)[O-])cc2)cc1. The molecule has 0 radical (unpaired) electrons. The number of sulfonamides is 1. The molecule has 0 unspecified atom stereocenters. The molecule has 11 heteroatoms. The van der Waals surface area contributed by atoms with Crippen LogP contribution in [0.3, 0.4) is 0 Å². The molecule has 0 bridgehead atoms. The van der Waals surface area contributed by atoms with E-state index in [1.165, 1.54) is 48.5 Å². The first-order valence-corrected chi connectivity index (χ1v) is 9.17. The maximum absolute atomic E-state index is 11.9. The van der Waals surface area contributed by atoms with Crippen molar-refractivity contribution in [2.24, 2.45) is 5.14 Å². The fraction of sp³-hybridized carbons (Fsp3) is 0.125. The Bertz CT molecular complexity index is 955. The van der Waals surface area contributed by atoms with Crippen molar-refractivity contribution in [1.82, 2.24) is 5.32 Å². The Labute approximate surface area is 154 Å². The van der Waals surface area contributed by atoms with Gasteiger partial charge < -0.3 is 10.6 Å². The van der Waals surface area contributed by atoms with E-state index in [1.807, 2.05) is 0 Å². The molecule has 142 valence electrons. The maximum Gasteiger partial charge on any atom is 0.269 e. The highest BCUT2D eigenvalue weighted by atomic mass is 32.2. The summed E-state index contributed by atoms with van der Waals surface area (Å²) in [6.07, 6.45) is -0.0182. The summed E-state index contributed by atoms with van der Waals surface area (Å²) in [5, 5.41) is 20.6. The monoisotopic (exact) mass is 392 g/mol. The van der Waals surface area contributed by atoms with Gasteiger partial charge in [-0.1, -0.05) is 0 Å². The Kier molecular flexibility index (Phi) is 6.21. The molecule has 4 N–H and O–H groups in total. The molecule has 0 aliphatic rings. The second-order valence-corrected chi connectivity index (χ2v) is 6.99. The van der Waals surface area contributed by atoms with Crippen LogP contribution in [-0.2, 0) is 14.8 Å². The van der Waals surface area contributed by atoms with Crippen molar-refractivity contribution >= 4 is 33.2 Å². The first kappa shape index (κ1) is 20.0. The molecule has 10 nitrogen and oxygen atoms in total. The van der Waals surface area contributed by atoms with Gasteiger partial charge in [0.05, 0.1) is 9.82 Å². The predicted molar refractivity (Wildman–Crippen MR) is 96.5 cm³/mol. The van der Waals surface area contributed by atoms with E-state index in [4.69, 9.17) is 5.14 Å². The van der Waals surface area contributed by atoms with Crippen LogP contribution in [0.15, 0.2) is 53.4 Å². The molecule has 0 aliphatic heterocycles. The lowest BCUT2D eigenvalue weighted by molar-refractivity contribution is -0.384. The minimum atomic E-state index is -3.80. The highest BCUT2D eigenvalue weighted by Crippen LogP contribution is 2.13. The van der Waals surface area contributed by atoms with Crippen molar-refractivity contribution in [3.05, 3.63) is 64.2 Å². The lowest BCUT2D eigenvalue weighted by atomic mass is 10.2. The zero-order chi connectivity index (χ0) is 20.0. The molecule has 2 aromatic carbocycles. The van der Waals surface area contributed by atoms with Gasteiger partial charge in [-0.05, 0) is 36.4 Å². The molecule has 0 spiro atoms. The van der Waals surface area contributed by atoms with Gasteiger partial charge in [0, 0.05) is 36.3 Å². The van der Waals surface area contributed by atoms with Crippen molar-refractivity contribution in [2.45, 2.75) is 11.3 Å². The number of amides is 2. The lowest BCUT2D eigenvalue weighted by Crippen LogP contribution is -2.27. The summed E-state index contributed by atoms with van der Waals surface area (Å²) < 4.78 is 22.3. The minimum Gasteiger partial charge on any atom is -0.352 e. The molecular formula is C16H16N4O6S. The summed E-state index contributed by atoms with van der Waals surface area (Å²) in [5.74, 6) is -0.849. The molecule has 0 aromatic heterocycles. The van der Waals surface area contributed by atoms with Gasteiger partial charge >= 0.3 is 0 Å². The van der Waals surface area contributed by atoms with E-state index in [9.17, 15) is 28.1 Å². The van der Waals surface area contributed by atoms with Gasteiger partial charge in [-0.2, -0.15) is 0 Å². The van der Waals surface area contributed by atoms with Gasteiger partial charge in [-0.15, -0.1) is 0 Å². The zero-order valence-corrected chi connectivity index (χ0v) is 14.7. The van der Waals surface area contributed by atoms with Crippen LogP contribution >= 0.6 is 0 Å². The van der Waals surface area contributed by atoms with Crippen LogP contribution in [0.1, 0.15) is 16.8 Å². The highest BCUT2D eigenvalue weighted by molar-refractivity contribution is 7.89. The predicted octanol–water partition coefficient (Wildman–Crippen LogP) is 1.00. The molecule has 2 rings (SSSR count). The quantitative estimate of drug-likeness (QED) is 0.470. The van der Waals surface area contributed by atoms with E-state index in [0.29, 0.717) is 5.69 Å². The molecule has 27 heavy (non-hydrogen) atoms. The summed E-state index contributed by atoms with van der Waals surface area (Å²) >= 11 is 0. The van der Waals surface area contributed by atoms with Crippen LogP contribution in [0.4, 0.5) is 11.4 Å². The molecular weight excluding hydrogens is 376 g/mol. The third kappa shape index (κ3) is 5.87. The molecule has 0 aliphatic carbocycles. The summed E-state index contributed by atoms with van der Waals surface area (Å²) in [4.78, 5) is 33.7. The summed E-state index contributed by atoms with van der Waals surface area (Å²) in [6.45, 7) is 0.0525. The van der Waals surface area contributed by atoms with Crippen molar-refractivity contribution < 1.29 is 22.9 Å². The van der Waals surface area contributed by atoms with Gasteiger partial charge in [0.1, 0.15) is 0 Å². The van der Waals surface area contributed by atoms with Crippen LogP contribution < -0.4 is 15.8 Å². The van der Waals surface area contributed by atoms with Gasteiger partial charge in [0.2, 0.25) is 15.9 Å². The van der Waals surface area contributed by atoms with E-state index in [1.54, 1.807) is 0 Å². The fourth-order valence-corrected chi connectivity index (χ4v) is 2.59. The number of nitrogens with one attached hydrogen (secondary N) is 2. The molecule has 0 atom stereocenters. The number of non-ortho nitro benzene ring substituents is 1. The topological polar surface area (TPSA) is 162 Å². The van der Waals surface area contributed by atoms with Crippen molar-refractivity contribution in [3.63, 3.8) is 0 Å². The fourth-order valence-electron chi connectivity index (χ4n) is 2.08. The third-order valence-electron chi connectivity index (χ3n) is 3.44. The van der Waals surface area contributed by atoms with Gasteiger partial charge in [0.25, 0.3) is 11.6 Å². The van der Waals surface area contributed by atoms with Crippen LogP contribution in [0.2, 0.25) is 0 Å². The number of rotatable bonds is 7. The van der Waals surface area contributed by atoms with Crippen LogP contribution in [0, 0.1) is 10.1 Å². The number of anilines is 1. The number of carbonyl (C=O) groups is 2. The van der Waals surface area contributed by atoms with Gasteiger partial charge in [0.15, 0.2) is 0 Å². The maximum atomic E-state index is 11.9. The average molecular weight is 392 g/mol.